The van der Waals surface area contributed by atoms with Crippen LogP contribution in [-0.4, -0.2) is 30.6 Å². The zero-order valence-electron chi connectivity index (χ0n) is 12.2. The molecule has 2 unspecified atom stereocenters. The quantitative estimate of drug-likeness (QED) is 0.687. The fraction of sp³-hybridized carbons (Fsp3) is 0.188. The van der Waals surface area contributed by atoms with Gasteiger partial charge in [-0.15, -0.1) is 0 Å². The maximum absolute atomic E-state index is 12.6. The molecule has 7 heteroatoms. The molecule has 1 N–H and O–H groups in total. The molecule has 2 atom stereocenters. The number of Topliss-reactive ketones (excluding diaryl/α,β-unsaturated/α-hetero) is 1. The van der Waals surface area contributed by atoms with E-state index >= 15 is 0 Å². The number of ketones is 1. The van der Waals surface area contributed by atoms with Crippen molar-refractivity contribution < 1.29 is 18.7 Å². The Morgan fingerprint density at radius 2 is 2.04 bits per heavy atom. The van der Waals surface area contributed by atoms with E-state index in [1.807, 2.05) is 0 Å². The molecule has 2 heterocycles. The van der Waals surface area contributed by atoms with E-state index in [2.05, 4.69) is 10.5 Å². The third-order valence-corrected chi connectivity index (χ3v) is 3.98. The molecule has 118 valence electrons. The Balaban J connectivity index is 2.03. The third kappa shape index (κ3) is 2.73. The molecule has 3 rings (SSSR count). The van der Waals surface area contributed by atoms with Gasteiger partial charge in [0.15, 0.2) is 11.5 Å². The van der Waals surface area contributed by atoms with Crippen molar-refractivity contribution in [2.45, 2.75) is 12.0 Å². The zero-order valence-corrected chi connectivity index (χ0v) is 12.9. The van der Waals surface area contributed by atoms with Crippen molar-refractivity contribution in [3.63, 3.8) is 0 Å². The minimum Gasteiger partial charge on any atom is -0.464 e. The van der Waals surface area contributed by atoms with Crippen molar-refractivity contribution in [2.24, 2.45) is 5.10 Å². The van der Waals surface area contributed by atoms with Crippen molar-refractivity contribution in [3.8, 4) is 0 Å². The van der Waals surface area contributed by atoms with Crippen LogP contribution in [-0.2, 0) is 9.53 Å². The molecule has 1 aliphatic rings. The lowest BCUT2D eigenvalue weighted by atomic mass is 9.85. The number of hydrogen-bond acceptors (Lipinski definition) is 6. The average molecular weight is 333 g/mol. The summed E-state index contributed by atoms with van der Waals surface area (Å²) in [6.07, 6.45) is 1.41. The number of methoxy groups -OCH3 is 1. The van der Waals surface area contributed by atoms with Crippen LogP contribution in [0.5, 0.6) is 0 Å². The number of carbonyl (C=O) groups is 2. The summed E-state index contributed by atoms with van der Waals surface area (Å²) in [5.41, 5.74) is 3.43. The number of benzene rings is 1. The molecule has 0 spiro atoms. The van der Waals surface area contributed by atoms with E-state index in [1.165, 1.54) is 13.4 Å². The smallest absolute Gasteiger partial charge is 0.354 e. The fourth-order valence-corrected chi connectivity index (χ4v) is 2.81. The Labute approximate surface area is 137 Å². The molecule has 0 bridgehead atoms. The number of halogens is 1. The first-order valence-corrected chi connectivity index (χ1v) is 7.25. The number of furan rings is 1. The third-order valence-electron chi connectivity index (χ3n) is 3.63. The summed E-state index contributed by atoms with van der Waals surface area (Å²) >= 11 is 6.24. The predicted octanol–water partition coefficient (Wildman–Crippen LogP) is 2.40. The summed E-state index contributed by atoms with van der Waals surface area (Å²) in [5, 5.41) is 4.43. The van der Waals surface area contributed by atoms with Crippen LogP contribution in [0, 0.1) is 0 Å². The topological polar surface area (TPSA) is 80.9 Å². The van der Waals surface area contributed by atoms with Crippen molar-refractivity contribution in [3.05, 3.63) is 59.0 Å². The van der Waals surface area contributed by atoms with Crippen LogP contribution < -0.4 is 5.43 Å². The molecule has 0 saturated heterocycles. The second kappa shape index (κ2) is 6.26. The van der Waals surface area contributed by atoms with Crippen LogP contribution in [0.1, 0.15) is 22.0 Å². The highest BCUT2D eigenvalue weighted by Gasteiger charge is 2.43. The van der Waals surface area contributed by atoms with Gasteiger partial charge in [0.25, 0.3) is 0 Å². The number of nitrogens with one attached hydrogen (secondary N) is 1. The highest BCUT2D eigenvalue weighted by molar-refractivity contribution is 6.41. The van der Waals surface area contributed by atoms with Gasteiger partial charge in [-0.2, -0.15) is 5.10 Å². The molecule has 0 radical (unpaired) electrons. The van der Waals surface area contributed by atoms with Gasteiger partial charge in [-0.1, -0.05) is 29.8 Å². The van der Waals surface area contributed by atoms with Crippen LogP contribution in [0.15, 0.2) is 52.2 Å². The number of ether oxygens (including phenoxy) is 1. The molecule has 6 nitrogen and oxygen atoms in total. The Bertz CT molecular complexity index is 770. The van der Waals surface area contributed by atoms with Crippen molar-refractivity contribution in [1.29, 1.82) is 0 Å². The monoisotopic (exact) mass is 332 g/mol. The van der Waals surface area contributed by atoms with Crippen LogP contribution in [0.3, 0.4) is 0 Å². The standard InChI is InChI=1S/C16H13ClN2O4/c1-22-16(21)14-12(9-5-2-3-6-10(9)17)13(18-19-14)15(20)11-7-4-8-23-11/h2-8,12-13,18H,1H3. The van der Waals surface area contributed by atoms with Crippen LogP contribution in [0.25, 0.3) is 0 Å². The lowest BCUT2D eigenvalue weighted by molar-refractivity contribution is -0.132. The second-order valence-electron chi connectivity index (χ2n) is 4.94. The van der Waals surface area contributed by atoms with E-state index in [9.17, 15) is 9.59 Å². The molecule has 0 fully saturated rings. The minimum absolute atomic E-state index is 0.102. The highest BCUT2D eigenvalue weighted by Crippen LogP contribution is 2.33. The van der Waals surface area contributed by atoms with Gasteiger partial charge in [0.1, 0.15) is 6.04 Å². The Morgan fingerprint density at radius 1 is 1.26 bits per heavy atom. The van der Waals surface area contributed by atoms with E-state index in [1.54, 1.807) is 36.4 Å². The summed E-state index contributed by atoms with van der Waals surface area (Å²) in [4.78, 5) is 24.6. The Kier molecular flexibility index (Phi) is 4.16. The molecule has 2 aromatic rings. The molecule has 0 aliphatic carbocycles. The van der Waals surface area contributed by atoms with Gasteiger partial charge < -0.3 is 9.15 Å². The maximum Gasteiger partial charge on any atom is 0.354 e. The number of rotatable bonds is 4. The van der Waals surface area contributed by atoms with Crippen molar-refractivity contribution in [2.75, 3.05) is 7.11 Å². The normalized spacial score (nSPS) is 19.8. The minimum atomic E-state index is -0.796. The van der Waals surface area contributed by atoms with Gasteiger partial charge in [-0.25, -0.2) is 4.79 Å². The summed E-state index contributed by atoms with van der Waals surface area (Å²) in [6.45, 7) is 0. The highest BCUT2D eigenvalue weighted by atomic mass is 35.5. The molecule has 0 amide bonds. The molecular formula is C16H13ClN2O4. The van der Waals surface area contributed by atoms with E-state index < -0.39 is 17.9 Å². The molecular weight excluding hydrogens is 320 g/mol. The Hall–Kier alpha value is -2.60. The van der Waals surface area contributed by atoms with Crippen molar-refractivity contribution in [1.82, 2.24) is 5.43 Å². The van der Waals surface area contributed by atoms with E-state index in [0.717, 1.165) is 0 Å². The van der Waals surface area contributed by atoms with Crippen LogP contribution in [0.2, 0.25) is 5.02 Å². The lowest BCUT2D eigenvalue weighted by Gasteiger charge is -2.19. The van der Waals surface area contributed by atoms with Gasteiger partial charge in [0.05, 0.1) is 19.3 Å². The lowest BCUT2D eigenvalue weighted by Crippen LogP contribution is -2.37. The van der Waals surface area contributed by atoms with Gasteiger partial charge in [-0.3, -0.25) is 10.2 Å². The first-order chi connectivity index (χ1) is 11.1. The molecule has 1 aromatic heterocycles. The van der Waals surface area contributed by atoms with Crippen LogP contribution >= 0.6 is 11.6 Å². The number of hydrogen-bond donors (Lipinski definition) is 1. The molecule has 23 heavy (non-hydrogen) atoms. The van der Waals surface area contributed by atoms with E-state index in [0.29, 0.717) is 10.6 Å². The average Bonchev–Trinajstić information content (AvgIpc) is 3.23. The largest absolute Gasteiger partial charge is 0.464 e. The number of nitrogens with zero attached hydrogens (tertiary/aromatic N) is 1. The maximum atomic E-state index is 12.6. The second-order valence-corrected chi connectivity index (χ2v) is 5.34. The molecule has 0 saturated carbocycles. The number of hydrazone groups is 1. The van der Waals surface area contributed by atoms with Gasteiger partial charge in [0.2, 0.25) is 5.78 Å². The first-order valence-electron chi connectivity index (χ1n) is 6.87. The van der Waals surface area contributed by atoms with Gasteiger partial charge in [0, 0.05) is 5.02 Å². The van der Waals surface area contributed by atoms with Crippen molar-refractivity contribution >= 4 is 29.1 Å². The SMILES string of the molecule is COC(=O)C1=NNC(C(=O)c2ccco2)C1c1ccccc1Cl. The summed E-state index contributed by atoms with van der Waals surface area (Å²) in [5.74, 6) is -1.41. The first kappa shape index (κ1) is 15.3. The molecule has 1 aromatic carbocycles. The number of esters is 1. The number of carbonyl (C=O) groups excluding carboxylic acids is 2. The summed E-state index contributed by atoms with van der Waals surface area (Å²) < 4.78 is 9.91. The van der Waals surface area contributed by atoms with Gasteiger partial charge >= 0.3 is 5.97 Å². The van der Waals surface area contributed by atoms with Gasteiger partial charge in [-0.05, 0) is 23.8 Å². The fourth-order valence-electron chi connectivity index (χ4n) is 2.55. The van der Waals surface area contributed by atoms with Crippen LogP contribution in [0.4, 0.5) is 0 Å². The Morgan fingerprint density at radius 3 is 2.70 bits per heavy atom. The summed E-state index contributed by atoms with van der Waals surface area (Å²) in [7, 11) is 1.26. The molecule has 1 aliphatic heterocycles. The van der Waals surface area contributed by atoms with E-state index in [-0.39, 0.29) is 17.3 Å². The zero-order chi connectivity index (χ0) is 16.4. The predicted molar refractivity (Wildman–Crippen MR) is 83.6 cm³/mol. The van der Waals surface area contributed by atoms with E-state index in [4.69, 9.17) is 20.8 Å². The summed E-state index contributed by atoms with van der Waals surface area (Å²) in [6, 6.07) is 9.38.